The minimum Gasteiger partial charge on any atom is -0.497 e. The highest BCUT2D eigenvalue weighted by Gasteiger charge is 2.14. The molecule has 0 saturated carbocycles. The van der Waals surface area contributed by atoms with Gasteiger partial charge in [0.25, 0.3) is 0 Å². The Bertz CT molecular complexity index is 1320. The molecule has 0 aliphatic carbocycles. The number of hydrogen-bond acceptors (Lipinski definition) is 6. The number of benzene rings is 3. The molecule has 3 aromatic carbocycles. The zero-order valence-corrected chi connectivity index (χ0v) is 18.6. The number of aromatic nitrogens is 1. The van der Waals surface area contributed by atoms with Crippen LogP contribution >= 0.6 is 11.3 Å². The predicted octanol–water partition coefficient (Wildman–Crippen LogP) is 4.81. The molecule has 0 aliphatic heterocycles. The lowest BCUT2D eigenvalue weighted by atomic mass is 10.0. The van der Waals surface area contributed by atoms with Crippen LogP contribution in [0.25, 0.3) is 22.0 Å². The maximum Gasteiger partial charge on any atom is 0.205 e. The normalized spacial score (nSPS) is 11.9. The topological polar surface area (TPSA) is 57.3 Å². The number of methoxy groups -OCH3 is 3. The SMILES string of the molecule is CN=c1scc(-c2ccc(OC)cc2OC)n1N=Cc1c(OC)ccc2ccccc12. The molecule has 0 bridgehead atoms. The standard InChI is InChI=1S/C24H23N3O3S/c1-25-24-27(21(15-31-24)19-11-10-17(28-2)13-23(19)30-4)26-14-20-18-8-6-5-7-16(18)9-12-22(20)29-3/h5-15H,1-4H3. The average molecular weight is 434 g/mol. The molecule has 0 amide bonds. The van der Waals surface area contributed by atoms with Crippen molar-refractivity contribution in [2.75, 3.05) is 28.4 Å². The fourth-order valence-electron chi connectivity index (χ4n) is 3.46. The molecule has 0 N–H and O–H groups in total. The third-order valence-corrected chi connectivity index (χ3v) is 5.92. The van der Waals surface area contributed by atoms with Crippen molar-refractivity contribution in [1.29, 1.82) is 0 Å². The summed E-state index contributed by atoms with van der Waals surface area (Å²) in [6, 6.07) is 17.9. The zero-order valence-electron chi connectivity index (χ0n) is 17.8. The van der Waals surface area contributed by atoms with Crippen LogP contribution in [0.4, 0.5) is 0 Å². The van der Waals surface area contributed by atoms with Crippen LogP contribution in [0.1, 0.15) is 5.56 Å². The third kappa shape index (κ3) is 3.92. The second-order valence-corrected chi connectivity index (χ2v) is 7.49. The van der Waals surface area contributed by atoms with Crippen LogP contribution in [0.3, 0.4) is 0 Å². The molecule has 4 aromatic rings. The Balaban J connectivity index is 1.88. The Hall–Kier alpha value is -3.58. The molecule has 0 radical (unpaired) electrons. The molecule has 7 heteroatoms. The predicted molar refractivity (Wildman–Crippen MR) is 126 cm³/mol. The summed E-state index contributed by atoms with van der Waals surface area (Å²) in [6.45, 7) is 0. The van der Waals surface area contributed by atoms with Gasteiger partial charge in [-0.1, -0.05) is 30.3 Å². The monoisotopic (exact) mass is 433 g/mol. The van der Waals surface area contributed by atoms with E-state index in [9.17, 15) is 0 Å². The number of nitrogens with zero attached hydrogens (tertiary/aromatic N) is 3. The summed E-state index contributed by atoms with van der Waals surface area (Å²) < 4.78 is 18.4. The van der Waals surface area contributed by atoms with Crippen molar-refractivity contribution in [2.24, 2.45) is 10.1 Å². The van der Waals surface area contributed by atoms with E-state index in [2.05, 4.69) is 17.1 Å². The summed E-state index contributed by atoms with van der Waals surface area (Å²) in [4.78, 5) is 5.16. The zero-order chi connectivity index (χ0) is 21.8. The van der Waals surface area contributed by atoms with Gasteiger partial charge in [-0.3, -0.25) is 4.99 Å². The second-order valence-electron chi connectivity index (χ2n) is 6.65. The van der Waals surface area contributed by atoms with Gasteiger partial charge in [0.15, 0.2) is 0 Å². The van der Waals surface area contributed by atoms with E-state index in [1.807, 2.05) is 58.7 Å². The van der Waals surface area contributed by atoms with E-state index in [4.69, 9.17) is 19.3 Å². The largest absolute Gasteiger partial charge is 0.497 e. The second kappa shape index (κ2) is 9.06. The van der Waals surface area contributed by atoms with Crippen LogP contribution in [0.15, 0.2) is 70.1 Å². The van der Waals surface area contributed by atoms with Crippen molar-refractivity contribution in [3.05, 3.63) is 70.3 Å². The Labute approximate surface area is 184 Å². The summed E-state index contributed by atoms with van der Waals surface area (Å²) in [5, 5.41) is 9.01. The van der Waals surface area contributed by atoms with Crippen LogP contribution in [-0.4, -0.2) is 39.3 Å². The van der Waals surface area contributed by atoms with Crippen molar-refractivity contribution >= 4 is 28.3 Å². The first-order valence-corrected chi connectivity index (χ1v) is 10.5. The van der Waals surface area contributed by atoms with Gasteiger partial charge < -0.3 is 14.2 Å². The molecule has 31 heavy (non-hydrogen) atoms. The smallest absolute Gasteiger partial charge is 0.205 e. The molecule has 0 spiro atoms. The minimum atomic E-state index is 0.700. The van der Waals surface area contributed by atoms with Gasteiger partial charge in [0.2, 0.25) is 4.80 Å². The third-order valence-electron chi connectivity index (χ3n) is 5.01. The van der Waals surface area contributed by atoms with Gasteiger partial charge in [-0.25, -0.2) is 4.68 Å². The summed E-state index contributed by atoms with van der Waals surface area (Å²) >= 11 is 1.51. The Morgan fingerprint density at radius 3 is 2.45 bits per heavy atom. The van der Waals surface area contributed by atoms with Gasteiger partial charge in [-0.15, -0.1) is 11.3 Å². The quantitative estimate of drug-likeness (QED) is 0.410. The fourth-order valence-corrected chi connectivity index (χ4v) is 4.25. The van der Waals surface area contributed by atoms with Gasteiger partial charge >= 0.3 is 0 Å². The number of fused-ring (bicyclic) bond motifs is 1. The number of thiazole rings is 1. The molecular formula is C24H23N3O3S. The molecule has 0 saturated heterocycles. The van der Waals surface area contributed by atoms with E-state index in [0.29, 0.717) is 5.75 Å². The molecular weight excluding hydrogens is 410 g/mol. The summed E-state index contributed by atoms with van der Waals surface area (Å²) in [5.74, 6) is 2.19. The first-order chi connectivity index (χ1) is 15.2. The lowest BCUT2D eigenvalue weighted by molar-refractivity contribution is 0.395. The molecule has 1 aromatic heterocycles. The van der Waals surface area contributed by atoms with Crippen LogP contribution < -0.4 is 19.0 Å². The van der Waals surface area contributed by atoms with Crippen LogP contribution in [0.2, 0.25) is 0 Å². The van der Waals surface area contributed by atoms with E-state index in [1.54, 1.807) is 28.4 Å². The van der Waals surface area contributed by atoms with Crippen molar-refractivity contribution < 1.29 is 14.2 Å². The highest BCUT2D eigenvalue weighted by atomic mass is 32.1. The Morgan fingerprint density at radius 2 is 1.71 bits per heavy atom. The van der Waals surface area contributed by atoms with Crippen LogP contribution in [0.5, 0.6) is 17.2 Å². The molecule has 158 valence electrons. The van der Waals surface area contributed by atoms with Crippen molar-refractivity contribution in [3.63, 3.8) is 0 Å². The molecule has 0 aliphatic rings. The molecule has 0 unspecified atom stereocenters. The number of hydrogen-bond donors (Lipinski definition) is 0. The van der Waals surface area contributed by atoms with Gasteiger partial charge in [-0.2, -0.15) is 5.10 Å². The van der Waals surface area contributed by atoms with E-state index < -0.39 is 0 Å². The summed E-state index contributed by atoms with van der Waals surface area (Å²) in [7, 11) is 6.70. The molecule has 0 atom stereocenters. The maximum absolute atomic E-state index is 5.61. The number of ether oxygens (including phenoxy) is 3. The van der Waals surface area contributed by atoms with Crippen LogP contribution in [-0.2, 0) is 0 Å². The lowest BCUT2D eigenvalue weighted by Crippen LogP contribution is -2.12. The molecule has 1 heterocycles. The molecule has 0 fully saturated rings. The van der Waals surface area contributed by atoms with Gasteiger partial charge in [0.05, 0.1) is 33.2 Å². The highest BCUT2D eigenvalue weighted by molar-refractivity contribution is 7.07. The minimum absolute atomic E-state index is 0.700. The maximum atomic E-state index is 5.61. The first kappa shape index (κ1) is 20.7. The van der Waals surface area contributed by atoms with Crippen molar-refractivity contribution in [2.45, 2.75) is 0 Å². The Kier molecular flexibility index (Phi) is 6.04. The van der Waals surface area contributed by atoms with E-state index in [0.717, 1.165) is 43.9 Å². The molecule has 6 nitrogen and oxygen atoms in total. The fraction of sp³-hybridized carbons (Fsp3) is 0.167. The van der Waals surface area contributed by atoms with E-state index >= 15 is 0 Å². The lowest BCUT2D eigenvalue weighted by Gasteiger charge is -2.11. The van der Waals surface area contributed by atoms with Crippen LogP contribution in [0, 0.1) is 0 Å². The van der Waals surface area contributed by atoms with Crippen molar-refractivity contribution in [3.8, 4) is 28.5 Å². The van der Waals surface area contributed by atoms with Crippen molar-refractivity contribution in [1.82, 2.24) is 4.68 Å². The first-order valence-electron chi connectivity index (χ1n) is 9.66. The average Bonchev–Trinajstić information content (AvgIpc) is 3.24. The Morgan fingerprint density at radius 1 is 0.903 bits per heavy atom. The summed E-state index contributed by atoms with van der Waals surface area (Å²) in [5.41, 5.74) is 2.69. The van der Waals surface area contributed by atoms with Gasteiger partial charge in [-0.05, 0) is 29.0 Å². The number of rotatable bonds is 6. The van der Waals surface area contributed by atoms with Gasteiger partial charge in [0, 0.05) is 29.6 Å². The van der Waals surface area contributed by atoms with E-state index in [1.165, 1.54) is 11.3 Å². The molecule has 4 rings (SSSR count). The van der Waals surface area contributed by atoms with E-state index in [-0.39, 0.29) is 0 Å². The van der Waals surface area contributed by atoms with Gasteiger partial charge in [0.1, 0.15) is 17.2 Å². The summed E-state index contributed by atoms with van der Waals surface area (Å²) in [6.07, 6.45) is 1.82. The highest BCUT2D eigenvalue weighted by Crippen LogP contribution is 2.34.